The lowest BCUT2D eigenvalue weighted by Gasteiger charge is -2.35. The molecule has 6 heteroatoms. The molecule has 1 rings (SSSR count). The molecule has 0 bridgehead atoms. The smallest absolute Gasteiger partial charge is 0.407 e. The van der Waals surface area contributed by atoms with Crippen LogP contribution in [0.2, 0.25) is 0 Å². The van der Waals surface area contributed by atoms with Gasteiger partial charge in [0.2, 0.25) is 0 Å². The molecule has 17 heavy (non-hydrogen) atoms. The third-order valence-corrected chi connectivity index (χ3v) is 2.93. The van der Waals surface area contributed by atoms with Crippen LogP contribution in [0.25, 0.3) is 0 Å². The number of hydrogen-bond donors (Lipinski definition) is 2. The Hall–Kier alpha value is -1.30. The molecular weight excluding hydrogens is 226 g/mol. The van der Waals surface area contributed by atoms with Crippen molar-refractivity contribution in [1.29, 1.82) is 0 Å². The maximum absolute atomic E-state index is 11.2. The third kappa shape index (κ3) is 3.89. The first kappa shape index (κ1) is 13.8. The van der Waals surface area contributed by atoms with E-state index < -0.39 is 18.1 Å². The number of carbonyl (C=O) groups is 2. The number of nitrogens with one attached hydrogen (secondary N) is 1. The van der Waals surface area contributed by atoms with Gasteiger partial charge >= 0.3 is 12.1 Å². The standard InChI is InChI=1S/C11H19NO5/c1-6-4-8(5-7(2)17-6)9(10(13)14)12-11(15)16-3/h6-9H,4-5H2,1-3H3,(H,12,15)(H,13,14)/t6-,7+,8+,9?. The SMILES string of the molecule is COC(=O)NC(C(=O)O)[C@H]1C[C@@H](C)O[C@@H](C)C1. The molecule has 1 amide bonds. The summed E-state index contributed by atoms with van der Waals surface area (Å²) < 4.78 is 9.97. The number of carboxylic acids is 1. The van der Waals surface area contributed by atoms with E-state index in [1.54, 1.807) is 0 Å². The fraction of sp³-hybridized carbons (Fsp3) is 0.818. The molecule has 1 aliphatic heterocycles. The minimum atomic E-state index is -1.04. The normalized spacial score (nSPS) is 30.4. The quantitative estimate of drug-likeness (QED) is 0.774. The third-order valence-electron chi connectivity index (χ3n) is 2.93. The van der Waals surface area contributed by atoms with E-state index in [-0.39, 0.29) is 18.1 Å². The van der Waals surface area contributed by atoms with E-state index in [2.05, 4.69) is 10.1 Å². The molecule has 2 N–H and O–H groups in total. The maximum Gasteiger partial charge on any atom is 0.407 e. The van der Waals surface area contributed by atoms with Gasteiger partial charge in [-0.05, 0) is 32.6 Å². The zero-order valence-electron chi connectivity index (χ0n) is 10.3. The molecule has 0 aromatic rings. The number of methoxy groups -OCH3 is 1. The number of alkyl carbamates (subject to hydrolysis) is 1. The van der Waals surface area contributed by atoms with Gasteiger partial charge in [-0.15, -0.1) is 0 Å². The predicted molar refractivity (Wildman–Crippen MR) is 59.7 cm³/mol. The van der Waals surface area contributed by atoms with Gasteiger partial charge in [-0.2, -0.15) is 0 Å². The number of hydrogen-bond acceptors (Lipinski definition) is 4. The second-order valence-corrected chi connectivity index (χ2v) is 4.44. The number of rotatable bonds is 3. The van der Waals surface area contributed by atoms with Gasteiger partial charge in [0.05, 0.1) is 19.3 Å². The van der Waals surface area contributed by atoms with Crippen molar-refractivity contribution in [2.75, 3.05) is 7.11 Å². The first-order valence-corrected chi connectivity index (χ1v) is 5.66. The van der Waals surface area contributed by atoms with Crippen molar-refractivity contribution in [3.63, 3.8) is 0 Å². The van der Waals surface area contributed by atoms with Crippen LogP contribution in [-0.4, -0.2) is 42.5 Å². The molecule has 1 aliphatic rings. The Morgan fingerprint density at radius 1 is 1.35 bits per heavy atom. The summed E-state index contributed by atoms with van der Waals surface area (Å²) in [5.74, 6) is -1.17. The average Bonchev–Trinajstić information content (AvgIpc) is 2.23. The number of aliphatic carboxylic acids is 1. The van der Waals surface area contributed by atoms with Crippen molar-refractivity contribution in [2.24, 2.45) is 5.92 Å². The second-order valence-electron chi connectivity index (χ2n) is 4.44. The summed E-state index contributed by atoms with van der Waals surface area (Å²) in [6.45, 7) is 3.80. The van der Waals surface area contributed by atoms with Crippen LogP contribution in [0.1, 0.15) is 26.7 Å². The van der Waals surface area contributed by atoms with Gasteiger partial charge < -0.3 is 19.9 Å². The minimum absolute atomic E-state index is 0.00467. The molecule has 0 saturated carbocycles. The summed E-state index contributed by atoms with van der Waals surface area (Å²) in [6, 6.07) is -0.920. The first-order valence-electron chi connectivity index (χ1n) is 5.66. The van der Waals surface area contributed by atoms with Gasteiger partial charge in [0.1, 0.15) is 6.04 Å². The largest absolute Gasteiger partial charge is 0.480 e. The molecule has 0 aromatic carbocycles. The monoisotopic (exact) mass is 245 g/mol. The highest BCUT2D eigenvalue weighted by atomic mass is 16.5. The summed E-state index contributed by atoms with van der Waals surface area (Å²) in [5.41, 5.74) is 0. The number of amides is 1. The summed E-state index contributed by atoms with van der Waals surface area (Å²) in [6.07, 6.45) is 0.524. The summed E-state index contributed by atoms with van der Waals surface area (Å²) in [4.78, 5) is 22.3. The molecule has 1 unspecified atom stereocenters. The molecule has 0 aliphatic carbocycles. The Kier molecular flexibility index (Phi) is 4.74. The van der Waals surface area contributed by atoms with Crippen LogP contribution in [0.15, 0.2) is 0 Å². The van der Waals surface area contributed by atoms with Crippen LogP contribution in [0.5, 0.6) is 0 Å². The van der Waals surface area contributed by atoms with Crippen molar-refractivity contribution >= 4 is 12.1 Å². The lowest BCUT2D eigenvalue weighted by Crippen LogP contribution is -2.49. The van der Waals surface area contributed by atoms with Crippen LogP contribution < -0.4 is 5.32 Å². The van der Waals surface area contributed by atoms with Crippen molar-refractivity contribution < 1.29 is 24.2 Å². The Morgan fingerprint density at radius 2 is 1.88 bits per heavy atom. The van der Waals surface area contributed by atoms with E-state index in [0.29, 0.717) is 12.8 Å². The van der Waals surface area contributed by atoms with Crippen LogP contribution in [-0.2, 0) is 14.3 Å². The van der Waals surface area contributed by atoms with Crippen molar-refractivity contribution in [1.82, 2.24) is 5.32 Å². The molecule has 98 valence electrons. The number of carboxylic acid groups (broad SMARTS) is 1. The van der Waals surface area contributed by atoms with Gasteiger partial charge in [-0.3, -0.25) is 0 Å². The van der Waals surface area contributed by atoms with Crippen molar-refractivity contribution in [2.45, 2.75) is 44.9 Å². The Morgan fingerprint density at radius 3 is 2.29 bits per heavy atom. The van der Waals surface area contributed by atoms with E-state index in [1.807, 2.05) is 13.8 Å². The first-order chi connectivity index (χ1) is 7.93. The molecule has 1 fully saturated rings. The highest BCUT2D eigenvalue weighted by Gasteiger charge is 2.35. The van der Waals surface area contributed by atoms with E-state index in [4.69, 9.17) is 9.84 Å². The molecule has 6 nitrogen and oxygen atoms in total. The van der Waals surface area contributed by atoms with Gasteiger partial charge in [0, 0.05) is 0 Å². The summed E-state index contributed by atoms with van der Waals surface area (Å²) in [5, 5.41) is 11.5. The van der Waals surface area contributed by atoms with Gasteiger partial charge in [0.25, 0.3) is 0 Å². The number of ether oxygens (including phenoxy) is 2. The molecule has 0 aromatic heterocycles. The Bertz CT molecular complexity index is 284. The van der Waals surface area contributed by atoms with Crippen LogP contribution in [0.3, 0.4) is 0 Å². The fourth-order valence-electron chi connectivity index (χ4n) is 2.30. The van der Waals surface area contributed by atoms with Crippen LogP contribution in [0.4, 0.5) is 4.79 Å². The van der Waals surface area contributed by atoms with Gasteiger partial charge in [0.15, 0.2) is 0 Å². The van der Waals surface area contributed by atoms with Crippen LogP contribution >= 0.6 is 0 Å². The molecule has 1 saturated heterocycles. The zero-order chi connectivity index (χ0) is 13.0. The van der Waals surface area contributed by atoms with Crippen molar-refractivity contribution in [3.05, 3.63) is 0 Å². The number of carbonyl (C=O) groups excluding carboxylic acids is 1. The lowest BCUT2D eigenvalue weighted by molar-refractivity contribution is -0.143. The average molecular weight is 245 g/mol. The fourth-order valence-corrected chi connectivity index (χ4v) is 2.30. The molecule has 4 atom stereocenters. The van der Waals surface area contributed by atoms with E-state index >= 15 is 0 Å². The summed E-state index contributed by atoms with van der Waals surface area (Å²) >= 11 is 0. The molecule has 1 heterocycles. The molecule has 0 radical (unpaired) electrons. The maximum atomic E-state index is 11.2. The summed E-state index contributed by atoms with van der Waals surface area (Å²) in [7, 11) is 1.21. The highest BCUT2D eigenvalue weighted by molar-refractivity contribution is 5.80. The van der Waals surface area contributed by atoms with E-state index in [0.717, 1.165) is 0 Å². The van der Waals surface area contributed by atoms with E-state index in [1.165, 1.54) is 7.11 Å². The zero-order valence-corrected chi connectivity index (χ0v) is 10.3. The predicted octanol–water partition coefficient (Wildman–Crippen LogP) is 0.999. The second kappa shape index (κ2) is 5.86. The van der Waals surface area contributed by atoms with Gasteiger partial charge in [-0.1, -0.05) is 0 Å². The van der Waals surface area contributed by atoms with Crippen molar-refractivity contribution in [3.8, 4) is 0 Å². The van der Waals surface area contributed by atoms with Crippen LogP contribution in [0, 0.1) is 5.92 Å². The molecule has 0 spiro atoms. The van der Waals surface area contributed by atoms with E-state index in [9.17, 15) is 9.59 Å². The Balaban J connectivity index is 2.69. The molecular formula is C11H19NO5. The lowest BCUT2D eigenvalue weighted by atomic mass is 9.86. The Labute approximate surface area is 100 Å². The van der Waals surface area contributed by atoms with Gasteiger partial charge in [-0.25, -0.2) is 9.59 Å². The minimum Gasteiger partial charge on any atom is -0.480 e. The topological polar surface area (TPSA) is 84.9 Å². The highest BCUT2D eigenvalue weighted by Crippen LogP contribution is 2.27.